The van der Waals surface area contributed by atoms with Gasteiger partial charge in [0.15, 0.2) is 5.84 Å². The molecule has 0 saturated heterocycles. The number of amides is 1. The lowest BCUT2D eigenvalue weighted by Gasteiger charge is -2.32. The Labute approximate surface area is 109 Å². The minimum atomic E-state index is -0.921. The van der Waals surface area contributed by atoms with Crippen LogP contribution < -0.4 is 11.1 Å². The number of hydrogen-bond donors (Lipinski definition) is 3. The molecule has 1 rings (SSSR count). The zero-order valence-corrected chi connectivity index (χ0v) is 11.6. The van der Waals surface area contributed by atoms with Gasteiger partial charge in [-0.1, -0.05) is 31.8 Å². The lowest BCUT2D eigenvalue weighted by molar-refractivity contribution is -0.128. The number of carbonyl (C=O) groups is 1. The molecule has 0 bridgehead atoms. The predicted octanol–water partition coefficient (Wildman–Crippen LogP) is 1.84. The van der Waals surface area contributed by atoms with E-state index in [1.54, 1.807) is 6.92 Å². The molecule has 0 aromatic heterocycles. The van der Waals surface area contributed by atoms with E-state index in [1.165, 1.54) is 6.42 Å². The maximum atomic E-state index is 12.3. The SMILES string of the molecule is CCC(C)(C(=O)NC1CCCC(C)C1)C(N)=NO. The summed E-state index contributed by atoms with van der Waals surface area (Å²) in [5, 5.41) is 14.8. The number of nitrogens with zero attached hydrogens (tertiary/aromatic N) is 1. The molecule has 1 saturated carbocycles. The molecule has 0 aliphatic heterocycles. The van der Waals surface area contributed by atoms with E-state index in [-0.39, 0.29) is 17.8 Å². The Morgan fingerprint density at radius 1 is 1.56 bits per heavy atom. The van der Waals surface area contributed by atoms with Crippen molar-refractivity contribution in [1.29, 1.82) is 0 Å². The first kappa shape index (κ1) is 14.8. The molecule has 1 aliphatic carbocycles. The highest BCUT2D eigenvalue weighted by atomic mass is 16.4. The first-order valence-corrected chi connectivity index (χ1v) is 6.73. The maximum absolute atomic E-state index is 12.3. The second-order valence-corrected chi connectivity index (χ2v) is 5.61. The Morgan fingerprint density at radius 2 is 2.22 bits per heavy atom. The van der Waals surface area contributed by atoms with Gasteiger partial charge in [-0.2, -0.15) is 0 Å². The molecule has 0 aromatic rings. The molecule has 0 heterocycles. The highest BCUT2D eigenvalue weighted by Crippen LogP contribution is 2.26. The summed E-state index contributed by atoms with van der Waals surface area (Å²) in [6.45, 7) is 5.78. The predicted molar refractivity (Wildman–Crippen MR) is 71.4 cm³/mol. The maximum Gasteiger partial charge on any atom is 0.233 e. The average molecular weight is 255 g/mol. The second-order valence-electron chi connectivity index (χ2n) is 5.61. The van der Waals surface area contributed by atoms with Gasteiger partial charge in [0.05, 0.1) is 0 Å². The molecule has 5 heteroatoms. The Balaban J connectivity index is 2.68. The van der Waals surface area contributed by atoms with Gasteiger partial charge >= 0.3 is 0 Å². The molecule has 0 aromatic carbocycles. The molecule has 0 spiro atoms. The van der Waals surface area contributed by atoms with Crippen LogP contribution in [0.3, 0.4) is 0 Å². The van der Waals surface area contributed by atoms with Gasteiger partial charge in [0, 0.05) is 6.04 Å². The van der Waals surface area contributed by atoms with Gasteiger partial charge in [0.2, 0.25) is 5.91 Å². The number of nitrogens with two attached hydrogens (primary N) is 1. The van der Waals surface area contributed by atoms with Crippen LogP contribution in [0.15, 0.2) is 5.16 Å². The van der Waals surface area contributed by atoms with Crippen LogP contribution in [0.2, 0.25) is 0 Å². The molecule has 104 valence electrons. The number of amidine groups is 1. The Hall–Kier alpha value is -1.26. The molecule has 3 atom stereocenters. The fraction of sp³-hybridized carbons (Fsp3) is 0.846. The molecule has 1 amide bonds. The van der Waals surface area contributed by atoms with E-state index in [1.807, 2.05) is 6.92 Å². The third-order valence-corrected chi connectivity index (χ3v) is 4.15. The lowest BCUT2D eigenvalue weighted by atomic mass is 9.83. The summed E-state index contributed by atoms with van der Waals surface area (Å²) in [5.41, 5.74) is 4.71. The molecule has 1 aliphatic rings. The fourth-order valence-corrected chi connectivity index (χ4v) is 2.48. The van der Waals surface area contributed by atoms with Crippen molar-refractivity contribution in [3.05, 3.63) is 0 Å². The zero-order chi connectivity index (χ0) is 13.8. The molecule has 0 radical (unpaired) electrons. The van der Waals surface area contributed by atoms with E-state index >= 15 is 0 Å². The summed E-state index contributed by atoms with van der Waals surface area (Å²) in [6.07, 6.45) is 4.93. The number of oxime groups is 1. The van der Waals surface area contributed by atoms with Gasteiger partial charge in [-0.05, 0) is 32.1 Å². The van der Waals surface area contributed by atoms with Gasteiger partial charge in [-0.25, -0.2) is 0 Å². The molecule has 3 unspecified atom stereocenters. The van der Waals surface area contributed by atoms with E-state index in [0.717, 1.165) is 19.3 Å². The van der Waals surface area contributed by atoms with Gasteiger partial charge < -0.3 is 16.3 Å². The van der Waals surface area contributed by atoms with Crippen LogP contribution in [0.4, 0.5) is 0 Å². The molecular weight excluding hydrogens is 230 g/mol. The first-order valence-electron chi connectivity index (χ1n) is 6.73. The van der Waals surface area contributed by atoms with E-state index in [2.05, 4.69) is 17.4 Å². The Morgan fingerprint density at radius 3 is 2.72 bits per heavy atom. The van der Waals surface area contributed by atoms with Crippen molar-refractivity contribution in [2.24, 2.45) is 22.2 Å². The van der Waals surface area contributed by atoms with Crippen LogP contribution in [0.5, 0.6) is 0 Å². The van der Waals surface area contributed by atoms with Gasteiger partial charge in [0.1, 0.15) is 5.41 Å². The summed E-state index contributed by atoms with van der Waals surface area (Å²) in [6, 6.07) is 0.221. The van der Waals surface area contributed by atoms with Gasteiger partial charge in [-0.15, -0.1) is 0 Å². The van der Waals surface area contributed by atoms with E-state index in [9.17, 15) is 4.79 Å². The molecule has 4 N–H and O–H groups in total. The summed E-state index contributed by atoms with van der Waals surface area (Å²) < 4.78 is 0. The number of hydrogen-bond acceptors (Lipinski definition) is 3. The molecule has 18 heavy (non-hydrogen) atoms. The first-order chi connectivity index (χ1) is 8.43. The minimum absolute atomic E-state index is 0.0219. The second kappa shape index (κ2) is 6.07. The average Bonchev–Trinajstić information content (AvgIpc) is 2.36. The smallest absolute Gasteiger partial charge is 0.233 e. The van der Waals surface area contributed by atoms with Gasteiger partial charge in [-0.3, -0.25) is 4.79 Å². The largest absolute Gasteiger partial charge is 0.409 e. The monoisotopic (exact) mass is 255 g/mol. The third-order valence-electron chi connectivity index (χ3n) is 4.15. The Bertz CT molecular complexity index is 330. The summed E-state index contributed by atoms with van der Waals surface area (Å²) in [7, 11) is 0. The highest BCUT2D eigenvalue weighted by molar-refractivity contribution is 6.06. The van der Waals surface area contributed by atoms with E-state index in [0.29, 0.717) is 12.3 Å². The topological polar surface area (TPSA) is 87.7 Å². The summed E-state index contributed by atoms with van der Waals surface area (Å²) in [5.74, 6) is 0.492. The normalized spacial score (nSPS) is 28.5. The van der Waals surface area contributed by atoms with E-state index in [4.69, 9.17) is 10.9 Å². The number of rotatable bonds is 4. The quantitative estimate of drug-likeness (QED) is 0.310. The van der Waals surface area contributed by atoms with Crippen molar-refractivity contribution in [2.75, 3.05) is 0 Å². The fourth-order valence-electron chi connectivity index (χ4n) is 2.48. The zero-order valence-electron chi connectivity index (χ0n) is 11.6. The highest BCUT2D eigenvalue weighted by Gasteiger charge is 2.37. The van der Waals surface area contributed by atoms with Crippen molar-refractivity contribution >= 4 is 11.7 Å². The van der Waals surface area contributed by atoms with Crippen LogP contribution in [-0.2, 0) is 4.79 Å². The van der Waals surface area contributed by atoms with Crippen LogP contribution in [-0.4, -0.2) is 23.0 Å². The number of carbonyl (C=O) groups excluding carboxylic acids is 1. The van der Waals surface area contributed by atoms with Crippen molar-refractivity contribution < 1.29 is 10.0 Å². The van der Waals surface area contributed by atoms with Crippen LogP contribution in [0, 0.1) is 11.3 Å². The van der Waals surface area contributed by atoms with Crippen molar-refractivity contribution in [1.82, 2.24) is 5.32 Å². The standard InChI is InChI=1S/C13H25N3O2/c1-4-13(3,11(14)16-18)12(17)15-10-7-5-6-9(2)8-10/h9-10,18H,4-8H2,1-3H3,(H2,14,16)(H,15,17). The van der Waals surface area contributed by atoms with Crippen LogP contribution in [0.25, 0.3) is 0 Å². The minimum Gasteiger partial charge on any atom is -0.409 e. The molecular formula is C13H25N3O2. The summed E-state index contributed by atoms with van der Waals surface area (Å²) >= 11 is 0. The van der Waals surface area contributed by atoms with Gasteiger partial charge in [0.25, 0.3) is 0 Å². The van der Waals surface area contributed by atoms with Crippen LogP contribution in [0.1, 0.15) is 52.9 Å². The molecule has 1 fully saturated rings. The lowest BCUT2D eigenvalue weighted by Crippen LogP contribution is -2.51. The summed E-state index contributed by atoms with van der Waals surface area (Å²) in [4.78, 5) is 12.3. The van der Waals surface area contributed by atoms with Crippen molar-refractivity contribution in [2.45, 2.75) is 58.9 Å². The molecule has 5 nitrogen and oxygen atoms in total. The third kappa shape index (κ3) is 3.15. The van der Waals surface area contributed by atoms with Crippen molar-refractivity contribution in [3.8, 4) is 0 Å². The van der Waals surface area contributed by atoms with E-state index < -0.39 is 5.41 Å². The van der Waals surface area contributed by atoms with Crippen molar-refractivity contribution in [3.63, 3.8) is 0 Å². The van der Waals surface area contributed by atoms with Crippen LogP contribution >= 0.6 is 0 Å². The number of nitrogens with one attached hydrogen (secondary N) is 1. The Kier molecular flexibility index (Phi) is 4.99.